The molecule has 0 radical (unpaired) electrons. The lowest BCUT2D eigenvalue weighted by atomic mass is 10.0. The second-order valence-electron chi connectivity index (χ2n) is 6.01. The Morgan fingerprint density at radius 3 is 2.28 bits per heavy atom. The molecule has 0 fully saturated rings. The minimum absolute atomic E-state index is 0.134. The van der Waals surface area contributed by atoms with Crippen molar-refractivity contribution < 1.29 is 4.79 Å². The van der Waals surface area contributed by atoms with Crippen LogP contribution in [0.5, 0.6) is 0 Å². The molecule has 2 aromatic rings. The molecule has 0 aliphatic rings. The zero-order valence-corrected chi connectivity index (χ0v) is 16.3. The van der Waals surface area contributed by atoms with Gasteiger partial charge in [-0.2, -0.15) is 0 Å². The van der Waals surface area contributed by atoms with Crippen LogP contribution >= 0.6 is 24.0 Å². The third-order valence-electron chi connectivity index (χ3n) is 3.54. The minimum atomic E-state index is -0.134. The first-order valence-electron chi connectivity index (χ1n) is 8.09. The molecule has 4 nitrogen and oxygen atoms in total. The summed E-state index contributed by atoms with van der Waals surface area (Å²) < 4.78 is 0. The fourth-order valence-corrected chi connectivity index (χ4v) is 2.93. The van der Waals surface area contributed by atoms with E-state index in [0.717, 1.165) is 10.6 Å². The topological polar surface area (TPSA) is 53.2 Å². The number of amides is 1. The molecule has 0 atom stereocenters. The third kappa shape index (κ3) is 6.76. The van der Waals surface area contributed by atoms with Gasteiger partial charge in [-0.05, 0) is 54.9 Å². The summed E-state index contributed by atoms with van der Waals surface area (Å²) in [5, 5.41) is 3.40. The maximum atomic E-state index is 11.9. The number of anilines is 1. The van der Waals surface area contributed by atoms with Gasteiger partial charge < -0.3 is 5.32 Å². The molecule has 2 aromatic carbocycles. The van der Waals surface area contributed by atoms with E-state index in [-0.39, 0.29) is 5.91 Å². The van der Waals surface area contributed by atoms with E-state index in [2.05, 4.69) is 42.1 Å². The molecule has 2 rings (SSSR count). The monoisotopic (exact) mass is 373 g/mol. The van der Waals surface area contributed by atoms with Crippen molar-refractivity contribution in [3.63, 3.8) is 0 Å². The summed E-state index contributed by atoms with van der Waals surface area (Å²) in [5.41, 5.74) is 8.67. The minimum Gasteiger partial charge on any atom is -0.331 e. The molecule has 0 saturated carbocycles. The SMILES string of the molecule is Cc1ccc(SCC(=O)NNC(=S)Nc2ccc(C(C)C)cc2)cc1. The van der Waals surface area contributed by atoms with Gasteiger partial charge in [-0.1, -0.05) is 43.7 Å². The van der Waals surface area contributed by atoms with Gasteiger partial charge in [0.1, 0.15) is 0 Å². The predicted molar refractivity (Wildman–Crippen MR) is 110 cm³/mol. The fourth-order valence-electron chi connectivity index (χ4n) is 2.06. The van der Waals surface area contributed by atoms with Crippen molar-refractivity contribution in [3.8, 4) is 0 Å². The Hall–Kier alpha value is -2.05. The van der Waals surface area contributed by atoms with Crippen molar-refractivity contribution >= 4 is 40.7 Å². The van der Waals surface area contributed by atoms with Crippen LogP contribution in [0.3, 0.4) is 0 Å². The Morgan fingerprint density at radius 2 is 1.68 bits per heavy atom. The zero-order valence-electron chi connectivity index (χ0n) is 14.6. The van der Waals surface area contributed by atoms with Crippen LogP contribution in [0.1, 0.15) is 30.9 Å². The van der Waals surface area contributed by atoms with Gasteiger partial charge in [-0.3, -0.25) is 15.6 Å². The van der Waals surface area contributed by atoms with Crippen molar-refractivity contribution in [3.05, 3.63) is 59.7 Å². The van der Waals surface area contributed by atoms with E-state index in [4.69, 9.17) is 12.2 Å². The second kappa shape index (κ2) is 9.44. The lowest BCUT2D eigenvalue weighted by molar-refractivity contribution is -0.119. The quantitative estimate of drug-likeness (QED) is 0.416. The summed E-state index contributed by atoms with van der Waals surface area (Å²) >= 11 is 6.67. The summed E-state index contributed by atoms with van der Waals surface area (Å²) in [7, 11) is 0. The van der Waals surface area contributed by atoms with Gasteiger partial charge in [-0.15, -0.1) is 11.8 Å². The van der Waals surface area contributed by atoms with E-state index in [1.54, 1.807) is 0 Å². The standard InChI is InChI=1S/C19H23N3OS2/c1-13(2)15-6-8-16(9-7-15)20-19(24)22-21-18(23)12-25-17-10-4-14(3)5-11-17/h4-11,13H,12H2,1-3H3,(H,21,23)(H2,20,22,24). The largest absolute Gasteiger partial charge is 0.331 e. The number of thiocarbonyl (C=S) groups is 1. The Morgan fingerprint density at radius 1 is 1.04 bits per heavy atom. The van der Waals surface area contributed by atoms with Crippen LogP contribution in [0.4, 0.5) is 5.69 Å². The number of thioether (sulfide) groups is 1. The van der Waals surface area contributed by atoms with Gasteiger partial charge in [0.2, 0.25) is 5.91 Å². The van der Waals surface area contributed by atoms with Gasteiger partial charge in [0.05, 0.1) is 5.75 Å². The van der Waals surface area contributed by atoms with Crippen LogP contribution in [0, 0.1) is 6.92 Å². The zero-order chi connectivity index (χ0) is 18.2. The van der Waals surface area contributed by atoms with Crippen LogP contribution in [0.25, 0.3) is 0 Å². The van der Waals surface area contributed by atoms with Crippen molar-refractivity contribution in [2.24, 2.45) is 0 Å². The lowest BCUT2D eigenvalue weighted by Crippen LogP contribution is -2.44. The number of nitrogens with one attached hydrogen (secondary N) is 3. The maximum Gasteiger partial charge on any atom is 0.248 e. The van der Waals surface area contributed by atoms with Crippen molar-refractivity contribution in [2.45, 2.75) is 31.6 Å². The second-order valence-corrected chi connectivity index (χ2v) is 7.46. The first-order valence-corrected chi connectivity index (χ1v) is 9.48. The Kier molecular flexibility index (Phi) is 7.28. The first kappa shape index (κ1) is 19.3. The van der Waals surface area contributed by atoms with Gasteiger partial charge in [0.15, 0.2) is 5.11 Å². The third-order valence-corrected chi connectivity index (χ3v) is 4.76. The van der Waals surface area contributed by atoms with Crippen molar-refractivity contribution in [1.29, 1.82) is 0 Å². The van der Waals surface area contributed by atoms with E-state index < -0.39 is 0 Å². The summed E-state index contributed by atoms with van der Waals surface area (Å²) in [6.07, 6.45) is 0. The summed E-state index contributed by atoms with van der Waals surface area (Å²) in [4.78, 5) is 12.9. The maximum absolute atomic E-state index is 11.9. The van der Waals surface area contributed by atoms with Crippen molar-refractivity contribution in [2.75, 3.05) is 11.1 Å². The van der Waals surface area contributed by atoms with Gasteiger partial charge in [-0.25, -0.2) is 0 Å². The normalized spacial score (nSPS) is 10.4. The highest BCUT2D eigenvalue weighted by molar-refractivity contribution is 8.00. The number of hydrogen-bond donors (Lipinski definition) is 3. The average Bonchev–Trinajstić information content (AvgIpc) is 2.60. The average molecular weight is 374 g/mol. The molecule has 0 aliphatic heterocycles. The molecule has 132 valence electrons. The first-order chi connectivity index (χ1) is 11.9. The number of carbonyl (C=O) groups is 1. The Balaban J connectivity index is 1.71. The summed E-state index contributed by atoms with van der Waals surface area (Å²) in [6, 6.07) is 16.1. The smallest absolute Gasteiger partial charge is 0.248 e. The molecule has 6 heteroatoms. The predicted octanol–water partition coefficient (Wildman–Crippen LogP) is 4.23. The fraction of sp³-hybridized carbons (Fsp3) is 0.263. The Bertz CT molecular complexity index is 712. The lowest BCUT2D eigenvalue weighted by Gasteiger charge is -2.12. The molecule has 0 heterocycles. The molecule has 0 aliphatic carbocycles. The van der Waals surface area contributed by atoms with Crippen LogP contribution < -0.4 is 16.2 Å². The Labute approximate surface area is 158 Å². The number of hydrazine groups is 1. The van der Waals surface area contributed by atoms with Crippen LogP contribution in [0.15, 0.2) is 53.4 Å². The number of hydrogen-bond acceptors (Lipinski definition) is 3. The van der Waals surface area contributed by atoms with Crippen molar-refractivity contribution in [1.82, 2.24) is 10.9 Å². The molecular weight excluding hydrogens is 350 g/mol. The molecule has 0 unspecified atom stereocenters. The summed E-state index contributed by atoms with van der Waals surface area (Å²) in [5.74, 6) is 0.677. The molecule has 0 spiro atoms. The molecular formula is C19H23N3OS2. The van der Waals surface area contributed by atoms with Crippen LogP contribution in [-0.4, -0.2) is 16.8 Å². The molecule has 0 saturated heterocycles. The highest BCUT2D eigenvalue weighted by Crippen LogP contribution is 2.18. The number of benzene rings is 2. The van der Waals surface area contributed by atoms with E-state index in [1.165, 1.54) is 22.9 Å². The van der Waals surface area contributed by atoms with E-state index in [0.29, 0.717) is 16.8 Å². The number of rotatable bonds is 5. The van der Waals surface area contributed by atoms with E-state index >= 15 is 0 Å². The highest BCUT2D eigenvalue weighted by atomic mass is 32.2. The van der Waals surface area contributed by atoms with E-state index in [1.807, 2.05) is 43.3 Å². The highest BCUT2D eigenvalue weighted by Gasteiger charge is 2.04. The molecule has 0 bridgehead atoms. The number of carbonyl (C=O) groups excluding carboxylic acids is 1. The molecule has 3 N–H and O–H groups in total. The number of aryl methyl sites for hydroxylation is 1. The van der Waals surface area contributed by atoms with Crippen LogP contribution in [0.2, 0.25) is 0 Å². The van der Waals surface area contributed by atoms with E-state index in [9.17, 15) is 4.79 Å². The summed E-state index contributed by atoms with van der Waals surface area (Å²) in [6.45, 7) is 6.34. The molecule has 25 heavy (non-hydrogen) atoms. The van der Waals surface area contributed by atoms with Gasteiger partial charge >= 0.3 is 0 Å². The molecule has 1 amide bonds. The van der Waals surface area contributed by atoms with Gasteiger partial charge in [0, 0.05) is 10.6 Å². The molecule has 0 aromatic heterocycles. The van der Waals surface area contributed by atoms with Gasteiger partial charge in [0.25, 0.3) is 0 Å². The van der Waals surface area contributed by atoms with Crippen LogP contribution in [-0.2, 0) is 4.79 Å².